The number of nitrogens with one attached hydrogen (secondary N) is 1. The van der Waals surface area contributed by atoms with Crippen molar-refractivity contribution in [2.45, 2.75) is 25.7 Å². The summed E-state index contributed by atoms with van der Waals surface area (Å²) in [6.07, 6.45) is -3.26. The largest absolute Gasteiger partial charge is 0.471 e. The molecule has 1 amide bonds. The molecule has 7 nitrogen and oxygen atoms in total. The molecule has 1 atom stereocenters. The fourth-order valence-corrected chi connectivity index (χ4v) is 2.37. The fraction of sp³-hybridized carbons (Fsp3) is 0.200. The van der Waals surface area contributed by atoms with E-state index >= 15 is 0 Å². The Morgan fingerprint density at radius 1 is 1.20 bits per heavy atom. The van der Waals surface area contributed by atoms with E-state index < -0.39 is 18.1 Å². The van der Waals surface area contributed by atoms with Crippen molar-refractivity contribution < 1.29 is 27.3 Å². The smallest absolute Gasteiger partial charge is 0.391 e. The van der Waals surface area contributed by atoms with Gasteiger partial charge in [-0.05, 0) is 24.6 Å². The number of oxime groups is 1. The number of amides is 1. The summed E-state index contributed by atoms with van der Waals surface area (Å²) in [6, 6.07) is 14.9. The van der Waals surface area contributed by atoms with Crippen LogP contribution in [0.5, 0.6) is 0 Å². The van der Waals surface area contributed by atoms with Crippen molar-refractivity contribution >= 4 is 12.1 Å². The highest BCUT2D eigenvalue weighted by molar-refractivity contribution is 5.96. The van der Waals surface area contributed by atoms with Crippen molar-refractivity contribution in [1.29, 1.82) is 0 Å². The molecule has 156 valence electrons. The molecule has 10 heteroatoms. The minimum atomic E-state index is -4.71. The van der Waals surface area contributed by atoms with Gasteiger partial charge in [0.1, 0.15) is 6.61 Å². The van der Waals surface area contributed by atoms with Gasteiger partial charge in [0.15, 0.2) is 0 Å². The Balaban J connectivity index is 1.52. The van der Waals surface area contributed by atoms with Crippen LogP contribution in [0.15, 0.2) is 64.3 Å². The van der Waals surface area contributed by atoms with Crippen LogP contribution in [0.1, 0.15) is 28.7 Å². The molecule has 0 fully saturated rings. The third-order valence-corrected chi connectivity index (χ3v) is 3.87. The molecule has 0 aliphatic heterocycles. The van der Waals surface area contributed by atoms with Gasteiger partial charge in [-0.15, -0.1) is 0 Å². The maximum absolute atomic E-state index is 12.5. The molecule has 0 saturated carbocycles. The Morgan fingerprint density at radius 3 is 2.53 bits per heavy atom. The predicted octanol–water partition coefficient (Wildman–Crippen LogP) is 4.08. The molecule has 1 heterocycles. The monoisotopic (exact) mass is 418 g/mol. The summed E-state index contributed by atoms with van der Waals surface area (Å²) in [4.78, 5) is 20.8. The molecule has 0 aliphatic rings. The number of hydrogen-bond donors (Lipinski definition) is 1. The lowest BCUT2D eigenvalue weighted by molar-refractivity contribution is -0.159. The lowest BCUT2D eigenvalue weighted by atomic mass is 10.1. The molecule has 1 N–H and O–H groups in total. The number of aromatic nitrogens is 2. The first-order chi connectivity index (χ1) is 14.3. The molecule has 0 bridgehead atoms. The minimum Gasteiger partial charge on any atom is -0.391 e. The van der Waals surface area contributed by atoms with Gasteiger partial charge in [0.25, 0.3) is 5.91 Å². The second-order valence-electron chi connectivity index (χ2n) is 6.27. The van der Waals surface area contributed by atoms with Gasteiger partial charge in [-0.25, -0.2) is 0 Å². The van der Waals surface area contributed by atoms with E-state index in [1.807, 2.05) is 30.3 Å². The quantitative estimate of drug-likeness (QED) is 0.461. The maximum Gasteiger partial charge on any atom is 0.471 e. The van der Waals surface area contributed by atoms with Gasteiger partial charge in [0.2, 0.25) is 5.82 Å². The fourth-order valence-electron chi connectivity index (χ4n) is 2.37. The lowest BCUT2D eigenvalue weighted by Crippen LogP contribution is -2.33. The van der Waals surface area contributed by atoms with Crippen molar-refractivity contribution in [3.8, 4) is 11.4 Å². The number of carbonyl (C=O) groups excluding carboxylic acids is 1. The van der Waals surface area contributed by atoms with Crippen LogP contribution in [-0.4, -0.2) is 28.3 Å². The highest BCUT2D eigenvalue weighted by Gasteiger charge is 2.38. The van der Waals surface area contributed by atoms with Crippen molar-refractivity contribution in [3.63, 3.8) is 0 Å². The van der Waals surface area contributed by atoms with Gasteiger partial charge < -0.3 is 14.7 Å². The predicted molar refractivity (Wildman–Crippen MR) is 101 cm³/mol. The first kappa shape index (κ1) is 21.0. The summed E-state index contributed by atoms with van der Waals surface area (Å²) in [7, 11) is 0. The van der Waals surface area contributed by atoms with Crippen molar-refractivity contribution in [3.05, 3.63) is 71.6 Å². The summed E-state index contributed by atoms with van der Waals surface area (Å²) >= 11 is 0. The third kappa shape index (κ3) is 5.66. The summed E-state index contributed by atoms with van der Waals surface area (Å²) in [5, 5.41) is 9.84. The van der Waals surface area contributed by atoms with Crippen LogP contribution < -0.4 is 5.32 Å². The van der Waals surface area contributed by atoms with Gasteiger partial charge in [-0.1, -0.05) is 52.8 Å². The van der Waals surface area contributed by atoms with Crippen LogP contribution in [-0.2, 0) is 17.6 Å². The van der Waals surface area contributed by atoms with E-state index in [1.54, 1.807) is 6.92 Å². The Labute approximate surface area is 169 Å². The lowest BCUT2D eigenvalue weighted by Gasteiger charge is -2.09. The second kappa shape index (κ2) is 9.21. The number of nitrogens with zero attached hydrogens (tertiary/aromatic N) is 3. The van der Waals surface area contributed by atoms with Crippen molar-refractivity contribution in [2.24, 2.45) is 5.16 Å². The van der Waals surface area contributed by atoms with Gasteiger partial charge in [-0.3, -0.25) is 4.79 Å². The third-order valence-electron chi connectivity index (χ3n) is 3.87. The standard InChI is InChI=1S/C20H17F3N4O3/c1-13(11-24-29-12-14-5-3-2-4-6-14)25-18(28)16-9-7-15(8-10-16)17-26-19(30-27-17)20(21,22)23/h2-11,13H,12H2,1H3,(H,25,28). The van der Waals surface area contributed by atoms with Gasteiger partial charge >= 0.3 is 12.1 Å². The van der Waals surface area contributed by atoms with E-state index in [9.17, 15) is 18.0 Å². The second-order valence-corrected chi connectivity index (χ2v) is 6.27. The van der Waals surface area contributed by atoms with E-state index in [0.717, 1.165) is 5.56 Å². The average Bonchev–Trinajstić information content (AvgIpc) is 3.23. The van der Waals surface area contributed by atoms with E-state index in [4.69, 9.17) is 4.84 Å². The van der Waals surface area contributed by atoms with E-state index in [1.165, 1.54) is 30.5 Å². The maximum atomic E-state index is 12.5. The Morgan fingerprint density at radius 2 is 1.90 bits per heavy atom. The molecule has 0 aliphatic carbocycles. The van der Waals surface area contributed by atoms with Crippen molar-refractivity contribution in [2.75, 3.05) is 0 Å². The van der Waals surface area contributed by atoms with Crippen LogP contribution in [0.3, 0.4) is 0 Å². The molecule has 30 heavy (non-hydrogen) atoms. The molecular weight excluding hydrogens is 401 g/mol. The minimum absolute atomic E-state index is 0.217. The molecule has 3 rings (SSSR count). The van der Waals surface area contributed by atoms with Gasteiger partial charge in [0, 0.05) is 11.1 Å². The van der Waals surface area contributed by atoms with Gasteiger partial charge in [-0.2, -0.15) is 18.2 Å². The first-order valence-corrected chi connectivity index (χ1v) is 8.84. The SMILES string of the molecule is CC(C=NOCc1ccccc1)NC(=O)c1ccc(-c2noc(C(F)(F)F)n2)cc1. The zero-order valence-corrected chi connectivity index (χ0v) is 15.8. The Bertz CT molecular complexity index is 1000. The average molecular weight is 418 g/mol. The Kier molecular flexibility index (Phi) is 6.45. The zero-order chi connectivity index (χ0) is 21.6. The Hall–Kier alpha value is -3.69. The molecule has 0 radical (unpaired) electrons. The van der Waals surface area contributed by atoms with E-state index in [2.05, 4.69) is 25.1 Å². The molecule has 1 aromatic heterocycles. The molecule has 0 spiro atoms. The van der Waals surface area contributed by atoms with Crippen LogP contribution >= 0.6 is 0 Å². The molecule has 1 unspecified atom stereocenters. The van der Waals surface area contributed by atoms with Crippen LogP contribution in [0, 0.1) is 0 Å². The summed E-state index contributed by atoms with van der Waals surface area (Å²) in [5.41, 5.74) is 1.56. The number of benzene rings is 2. The molecule has 2 aromatic carbocycles. The van der Waals surface area contributed by atoms with Crippen LogP contribution in [0.25, 0.3) is 11.4 Å². The van der Waals surface area contributed by atoms with Crippen molar-refractivity contribution in [1.82, 2.24) is 15.5 Å². The number of hydrogen-bond acceptors (Lipinski definition) is 6. The molecule has 0 saturated heterocycles. The van der Waals surface area contributed by atoms with E-state index in [-0.39, 0.29) is 17.3 Å². The van der Waals surface area contributed by atoms with Crippen LogP contribution in [0.2, 0.25) is 0 Å². The first-order valence-electron chi connectivity index (χ1n) is 8.84. The van der Waals surface area contributed by atoms with E-state index in [0.29, 0.717) is 12.2 Å². The number of carbonyl (C=O) groups is 1. The van der Waals surface area contributed by atoms with Gasteiger partial charge in [0.05, 0.1) is 12.3 Å². The number of halogens is 3. The van der Waals surface area contributed by atoms with Crippen LogP contribution in [0.4, 0.5) is 13.2 Å². The topological polar surface area (TPSA) is 89.6 Å². The molecule has 3 aromatic rings. The highest BCUT2D eigenvalue weighted by atomic mass is 19.4. The summed E-state index contributed by atoms with van der Waals surface area (Å²) in [5.74, 6) is -2.03. The molecular formula is C20H17F3N4O3. The zero-order valence-electron chi connectivity index (χ0n) is 15.8. The summed E-state index contributed by atoms with van der Waals surface area (Å²) in [6.45, 7) is 2.03. The highest BCUT2D eigenvalue weighted by Crippen LogP contribution is 2.29. The normalized spacial score (nSPS) is 12.7. The summed E-state index contributed by atoms with van der Waals surface area (Å²) < 4.78 is 41.8. The number of rotatable bonds is 7. The number of alkyl halides is 3.